The minimum atomic E-state index is 0.0701. The van der Waals surface area contributed by atoms with Gasteiger partial charge in [-0.1, -0.05) is 6.92 Å². The highest BCUT2D eigenvalue weighted by Gasteiger charge is 2.27. The highest BCUT2D eigenvalue weighted by molar-refractivity contribution is 7.10. The Labute approximate surface area is 120 Å². The van der Waals surface area contributed by atoms with Crippen LogP contribution in [0.5, 0.6) is 0 Å². The van der Waals surface area contributed by atoms with E-state index < -0.39 is 0 Å². The summed E-state index contributed by atoms with van der Waals surface area (Å²) in [6, 6.07) is 2.36. The summed E-state index contributed by atoms with van der Waals surface area (Å²) in [5.74, 6) is 0. The number of nitrogens with zero attached hydrogens (tertiary/aromatic N) is 1. The highest BCUT2D eigenvalue weighted by atomic mass is 32.1. The molecule has 1 aromatic rings. The summed E-state index contributed by atoms with van der Waals surface area (Å²) in [7, 11) is 1.70. The van der Waals surface area contributed by atoms with Crippen molar-refractivity contribution in [3.63, 3.8) is 0 Å². The van der Waals surface area contributed by atoms with Crippen LogP contribution in [0.2, 0.25) is 0 Å². The van der Waals surface area contributed by atoms with Crippen LogP contribution in [0.1, 0.15) is 29.8 Å². The van der Waals surface area contributed by atoms with E-state index in [1.165, 1.54) is 10.4 Å². The Morgan fingerprint density at radius 1 is 1.47 bits per heavy atom. The van der Waals surface area contributed by atoms with Crippen molar-refractivity contribution >= 4 is 11.3 Å². The molecule has 3 N–H and O–H groups in total. The van der Waals surface area contributed by atoms with Gasteiger partial charge in [-0.15, -0.1) is 11.3 Å². The first-order valence-corrected chi connectivity index (χ1v) is 7.67. The zero-order valence-corrected chi connectivity index (χ0v) is 12.9. The number of aryl methyl sites for hydroxylation is 1. The largest absolute Gasteiger partial charge is 0.395 e. The van der Waals surface area contributed by atoms with Gasteiger partial charge in [-0.05, 0) is 30.4 Å². The molecule has 0 saturated heterocycles. The van der Waals surface area contributed by atoms with E-state index in [-0.39, 0.29) is 18.7 Å². The molecule has 4 nitrogen and oxygen atoms in total. The molecule has 0 radical (unpaired) electrons. The first-order chi connectivity index (χ1) is 9.15. The minimum Gasteiger partial charge on any atom is -0.395 e. The maximum atomic E-state index is 9.29. The summed E-state index contributed by atoms with van der Waals surface area (Å²) in [6.07, 6.45) is 0.914. The minimum absolute atomic E-state index is 0.0701. The van der Waals surface area contributed by atoms with E-state index in [1.807, 2.05) is 0 Å². The Bertz CT molecular complexity index is 357. The average molecular weight is 286 g/mol. The zero-order chi connectivity index (χ0) is 14.3. The molecular weight excluding hydrogens is 260 g/mol. The first-order valence-electron chi connectivity index (χ1n) is 6.79. The Hall–Kier alpha value is -0.460. The van der Waals surface area contributed by atoms with Gasteiger partial charge < -0.3 is 15.6 Å². The smallest absolute Gasteiger partial charge is 0.0597 e. The normalized spacial score (nSPS) is 14.8. The SMILES string of the molecule is CCC(N)C(c1sccc1C)N(CCO)CCOC. The molecular formula is C14H26N2O2S. The third-order valence-electron chi connectivity index (χ3n) is 3.41. The maximum Gasteiger partial charge on any atom is 0.0597 e. The number of nitrogens with two attached hydrogens (primary N) is 1. The molecule has 0 spiro atoms. The van der Waals surface area contributed by atoms with Crippen LogP contribution in [-0.4, -0.2) is 49.5 Å². The number of hydrogen-bond acceptors (Lipinski definition) is 5. The van der Waals surface area contributed by atoms with E-state index in [0.29, 0.717) is 13.2 Å². The number of rotatable bonds is 9. The molecule has 0 amide bonds. The summed E-state index contributed by atoms with van der Waals surface area (Å²) < 4.78 is 5.17. The summed E-state index contributed by atoms with van der Waals surface area (Å²) in [5, 5.41) is 11.4. The number of hydrogen-bond donors (Lipinski definition) is 2. The van der Waals surface area contributed by atoms with Crippen LogP contribution < -0.4 is 5.73 Å². The van der Waals surface area contributed by atoms with Crippen LogP contribution in [0.4, 0.5) is 0 Å². The van der Waals surface area contributed by atoms with Crippen molar-refractivity contribution < 1.29 is 9.84 Å². The van der Waals surface area contributed by atoms with Crippen LogP contribution in [0.15, 0.2) is 11.4 Å². The number of aliphatic hydroxyl groups is 1. The number of thiophene rings is 1. The summed E-state index contributed by atoms with van der Waals surface area (Å²) in [6.45, 7) is 6.42. The van der Waals surface area contributed by atoms with E-state index >= 15 is 0 Å². The third kappa shape index (κ3) is 4.54. The standard InChI is InChI=1S/C14H26N2O2S/c1-4-12(15)13(14-11(2)5-10-19-14)16(6-8-17)7-9-18-3/h5,10,12-13,17H,4,6-9,15H2,1-3H3. The van der Waals surface area contributed by atoms with Gasteiger partial charge in [0.1, 0.15) is 0 Å². The number of ether oxygens (including phenoxy) is 1. The summed E-state index contributed by atoms with van der Waals surface area (Å²) in [5.41, 5.74) is 7.60. The van der Waals surface area contributed by atoms with Gasteiger partial charge in [-0.25, -0.2) is 0 Å². The molecule has 0 aromatic carbocycles. The zero-order valence-electron chi connectivity index (χ0n) is 12.1. The Kier molecular flexibility index (Phi) is 7.56. The Morgan fingerprint density at radius 3 is 2.68 bits per heavy atom. The van der Waals surface area contributed by atoms with E-state index in [2.05, 4.69) is 30.2 Å². The molecule has 19 heavy (non-hydrogen) atoms. The molecule has 0 aliphatic rings. The van der Waals surface area contributed by atoms with Crippen molar-refractivity contribution in [2.75, 3.05) is 33.4 Å². The van der Waals surface area contributed by atoms with E-state index in [4.69, 9.17) is 10.5 Å². The molecule has 2 unspecified atom stereocenters. The Balaban J connectivity index is 2.95. The van der Waals surface area contributed by atoms with Crippen LogP contribution >= 0.6 is 11.3 Å². The van der Waals surface area contributed by atoms with Crippen LogP contribution in [0.25, 0.3) is 0 Å². The fraction of sp³-hybridized carbons (Fsp3) is 0.714. The fourth-order valence-corrected chi connectivity index (χ4v) is 3.40. The summed E-state index contributed by atoms with van der Waals surface area (Å²) in [4.78, 5) is 3.54. The molecule has 110 valence electrons. The summed E-state index contributed by atoms with van der Waals surface area (Å²) >= 11 is 1.74. The van der Waals surface area contributed by atoms with Crippen molar-refractivity contribution in [2.24, 2.45) is 5.73 Å². The molecule has 1 aromatic heterocycles. The molecule has 5 heteroatoms. The van der Waals surface area contributed by atoms with Crippen molar-refractivity contribution in [3.05, 3.63) is 21.9 Å². The van der Waals surface area contributed by atoms with Gasteiger partial charge in [-0.3, -0.25) is 4.90 Å². The fourth-order valence-electron chi connectivity index (χ4n) is 2.27. The second kappa shape index (κ2) is 8.66. The molecule has 1 heterocycles. The molecule has 0 saturated carbocycles. The first kappa shape index (κ1) is 16.6. The third-order valence-corrected chi connectivity index (χ3v) is 4.50. The van der Waals surface area contributed by atoms with Gasteiger partial charge in [0, 0.05) is 31.1 Å². The molecule has 0 aliphatic carbocycles. The topological polar surface area (TPSA) is 58.7 Å². The lowest BCUT2D eigenvalue weighted by Gasteiger charge is -2.34. The van der Waals surface area contributed by atoms with Crippen LogP contribution in [0.3, 0.4) is 0 Å². The Morgan fingerprint density at radius 2 is 2.21 bits per heavy atom. The molecule has 0 bridgehead atoms. The van der Waals surface area contributed by atoms with Crippen molar-refractivity contribution in [3.8, 4) is 0 Å². The van der Waals surface area contributed by atoms with Gasteiger partial charge in [0.25, 0.3) is 0 Å². The number of methoxy groups -OCH3 is 1. The van der Waals surface area contributed by atoms with Crippen LogP contribution in [-0.2, 0) is 4.74 Å². The van der Waals surface area contributed by atoms with Gasteiger partial charge >= 0.3 is 0 Å². The second-order valence-electron chi connectivity index (χ2n) is 4.74. The van der Waals surface area contributed by atoms with Gasteiger partial charge in [-0.2, -0.15) is 0 Å². The molecule has 0 aliphatic heterocycles. The molecule has 2 atom stereocenters. The van der Waals surface area contributed by atoms with Gasteiger partial charge in [0.15, 0.2) is 0 Å². The molecule has 0 fully saturated rings. The lowest BCUT2D eigenvalue weighted by atomic mass is 10.0. The predicted molar refractivity (Wildman–Crippen MR) is 80.6 cm³/mol. The maximum absolute atomic E-state index is 9.29. The quantitative estimate of drug-likeness (QED) is 0.726. The van der Waals surface area contributed by atoms with E-state index in [1.54, 1.807) is 18.4 Å². The highest BCUT2D eigenvalue weighted by Crippen LogP contribution is 2.31. The van der Waals surface area contributed by atoms with Gasteiger partial charge in [0.2, 0.25) is 0 Å². The lowest BCUT2D eigenvalue weighted by molar-refractivity contribution is 0.0910. The van der Waals surface area contributed by atoms with Crippen molar-refractivity contribution in [2.45, 2.75) is 32.4 Å². The monoisotopic (exact) mass is 286 g/mol. The van der Waals surface area contributed by atoms with Crippen LogP contribution in [0, 0.1) is 6.92 Å². The molecule has 1 rings (SSSR count). The second-order valence-corrected chi connectivity index (χ2v) is 5.68. The number of aliphatic hydroxyl groups excluding tert-OH is 1. The predicted octanol–water partition coefficient (Wildman–Crippen LogP) is 1.78. The van der Waals surface area contributed by atoms with Gasteiger partial charge in [0.05, 0.1) is 19.3 Å². The van der Waals surface area contributed by atoms with Crippen molar-refractivity contribution in [1.29, 1.82) is 0 Å². The van der Waals surface area contributed by atoms with E-state index in [0.717, 1.165) is 13.0 Å². The average Bonchev–Trinajstić information content (AvgIpc) is 2.82. The van der Waals surface area contributed by atoms with Crippen molar-refractivity contribution in [1.82, 2.24) is 4.90 Å². The van der Waals surface area contributed by atoms with E-state index in [9.17, 15) is 5.11 Å². The lowest BCUT2D eigenvalue weighted by Crippen LogP contribution is -2.43.